The summed E-state index contributed by atoms with van der Waals surface area (Å²) in [7, 11) is 1.60. The van der Waals surface area contributed by atoms with E-state index in [9.17, 15) is 9.59 Å². The van der Waals surface area contributed by atoms with Crippen LogP contribution in [0, 0.1) is 0 Å². The topological polar surface area (TPSA) is 96.7 Å². The van der Waals surface area contributed by atoms with E-state index in [4.69, 9.17) is 10.5 Å². The van der Waals surface area contributed by atoms with Gasteiger partial charge in [-0.2, -0.15) is 0 Å². The van der Waals surface area contributed by atoms with Crippen molar-refractivity contribution in [1.29, 1.82) is 0 Å². The van der Waals surface area contributed by atoms with E-state index in [-0.39, 0.29) is 23.9 Å². The quantitative estimate of drug-likeness (QED) is 0.457. The molecule has 4 rings (SSSR count). The first kappa shape index (κ1) is 23.2. The molecule has 4 N–H and O–H groups in total. The van der Waals surface area contributed by atoms with Gasteiger partial charge in [-0.05, 0) is 66.4 Å². The normalized spacial score (nSPS) is 17.0. The van der Waals surface area contributed by atoms with Crippen LogP contribution in [-0.2, 0) is 9.59 Å². The number of nitrogens with two attached hydrogens (primary N) is 1. The van der Waals surface area contributed by atoms with Gasteiger partial charge >= 0.3 is 0 Å². The second-order valence-corrected chi connectivity index (χ2v) is 8.66. The van der Waals surface area contributed by atoms with Crippen LogP contribution >= 0.6 is 0 Å². The number of ether oxygens (including phenoxy) is 1. The van der Waals surface area contributed by atoms with Crippen LogP contribution in [0.15, 0.2) is 60.7 Å². The number of hydrogen-bond acceptors (Lipinski definition) is 5. The Bertz CT molecular complexity index is 1240. The zero-order valence-corrected chi connectivity index (χ0v) is 19.9. The minimum atomic E-state index is -0.114. The van der Waals surface area contributed by atoms with Crippen LogP contribution in [0.5, 0.6) is 5.75 Å². The predicted molar refractivity (Wildman–Crippen MR) is 137 cm³/mol. The number of anilines is 4. The van der Waals surface area contributed by atoms with Crippen LogP contribution in [0.2, 0.25) is 0 Å². The molecule has 2 amide bonds. The summed E-state index contributed by atoms with van der Waals surface area (Å²) in [6, 6.07) is 19.5. The number of amides is 2. The maximum Gasteiger partial charge on any atom is 0.224 e. The molecule has 1 heterocycles. The summed E-state index contributed by atoms with van der Waals surface area (Å²) in [6.07, 6.45) is 0.745. The van der Waals surface area contributed by atoms with E-state index in [2.05, 4.69) is 23.6 Å². The molecule has 0 aromatic heterocycles. The number of nitrogens with zero attached hydrogens (tertiary/aromatic N) is 1. The van der Waals surface area contributed by atoms with E-state index in [0.717, 1.165) is 40.2 Å². The Kier molecular flexibility index (Phi) is 6.45. The lowest BCUT2D eigenvalue weighted by Gasteiger charge is -2.40. The highest BCUT2D eigenvalue weighted by molar-refractivity contribution is 5.94. The molecule has 2 atom stereocenters. The van der Waals surface area contributed by atoms with Crippen molar-refractivity contribution in [2.75, 3.05) is 28.4 Å². The fourth-order valence-corrected chi connectivity index (χ4v) is 4.64. The van der Waals surface area contributed by atoms with Crippen molar-refractivity contribution >= 4 is 34.6 Å². The van der Waals surface area contributed by atoms with Gasteiger partial charge in [-0.1, -0.05) is 18.2 Å². The third kappa shape index (κ3) is 4.69. The van der Waals surface area contributed by atoms with E-state index in [0.29, 0.717) is 11.4 Å². The van der Waals surface area contributed by atoms with Gasteiger partial charge in [0, 0.05) is 43.0 Å². The molecule has 3 aromatic carbocycles. The van der Waals surface area contributed by atoms with Crippen molar-refractivity contribution in [3.05, 3.63) is 66.2 Å². The predicted octanol–water partition coefficient (Wildman–Crippen LogP) is 5.20. The average molecular weight is 459 g/mol. The molecule has 7 heteroatoms. The SMILES string of the molecule is COc1cc(N[C@@H]2C[C@H](C)N(C(C)=O)c3ccc(-c4cccc(NC(C)=O)c4)cc32)ccc1N. The van der Waals surface area contributed by atoms with E-state index >= 15 is 0 Å². The molecule has 0 spiro atoms. The lowest BCUT2D eigenvalue weighted by molar-refractivity contribution is -0.117. The Morgan fingerprint density at radius 3 is 2.47 bits per heavy atom. The zero-order valence-electron chi connectivity index (χ0n) is 19.9. The Hall–Kier alpha value is -4.00. The van der Waals surface area contributed by atoms with E-state index < -0.39 is 0 Å². The van der Waals surface area contributed by atoms with E-state index in [1.807, 2.05) is 59.5 Å². The molecule has 0 radical (unpaired) electrons. The number of rotatable bonds is 5. The Morgan fingerprint density at radius 2 is 1.76 bits per heavy atom. The van der Waals surface area contributed by atoms with Gasteiger partial charge in [0.15, 0.2) is 0 Å². The molecule has 7 nitrogen and oxygen atoms in total. The Labute approximate surface area is 199 Å². The highest BCUT2D eigenvalue weighted by Crippen LogP contribution is 2.42. The number of fused-ring (bicyclic) bond motifs is 1. The maximum atomic E-state index is 12.5. The molecular weight excluding hydrogens is 428 g/mol. The van der Waals surface area contributed by atoms with Gasteiger partial charge in [0.05, 0.1) is 18.8 Å². The lowest BCUT2D eigenvalue weighted by Crippen LogP contribution is -2.43. The number of benzene rings is 3. The van der Waals surface area contributed by atoms with Crippen molar-refractivity contribution in [3.8, 4) is 16.9 Å². The number of methoxy groups -OCH3 is 1. The summed E-state index contributed by atoms with van der Waals surface area (Å²) in [6.45, 7) is 5.16. The lowest BCUT2D eigenvalue weighted by atomic mass is 9.88. The number of nitrogen functional groups attached to an aromatic ring is 1. The zero-order chi connectivity index (χ0) is 24.4. The van der Waals surface area contributed by atoms with E-state index in [1.54, 1.807) is 14.0 Å². The van der Waals surface area contributed by atoms with Crippen molar-refractivity contribution < 1.29 is 14.3 Å². The van der Waals surface area contributed by atoms with Crippen LogP contribution < -0.4 is 26.0 Å². The average Bonchev–Trinajstić information content (AvgIpc) is 2.79. The molecule has 0 bridgehead atoms. The first-order valence-electron chi connectivity index (χ1n) is 11.3. The molecule has 0 saturated carbocycles. The van der Waals surface area contributed by atoms with Crippen LogP contribution in [0.3, 0.4) is 0 Å². The summed E-state index contributed by atoms with van der Waals surface area (Å²) in [5.41, 5.74) is 12.1. The van der Waals surface area contributed by atoms with Crippen molar-refractivity contribution in [2.45, 2.75) is 39.3 Å². The second-order valence-electron chi connectivity index (χ2n) is 8.66. The smallest absolute Gasteiger partial charge is 0.224 e. The first-order valence-corrected chi connectivity index (χ1v) is 11.3. The van der Waals surface area contributed by atoms with Gasteiger partial charge in [-0.25, -0.2) is 0 Å². The largest absolute Gasteiger partial charge is 0.495 e. The fraction of sp³-hybridized carbons (Fsp3) is 0.259. The summed E-state index contributed by atoms with van der Waals surface area (Å²) < 4.78 is 5.38. The molecule has 1 aliphatic rings. The first-order chi connectivity index (χ1) is 16.3. The maximum absolute atomic E-state index is 12.5. The van der Waals surface area contributed by atoms with Gasteiger partial charge in [0.2, 0.25) is 11.8 Å². The summed E-state index contributed by atoms with van der Waals surface area (Å²) in [4.78, 5) is 25.8. The van der Waals surface area contributed by atoms with Gasteiger partial charge < -0.3 is 26.0 Å². The minimum absolute atomic E-state index is 0.0155. The van der Waals surface area contributed by atoms with Crippen LogP contribution in [0.1, 0.15) is 38.8 Å². The van der Waals surface area contributed by atoms with Gasteiger partial charge in [-0.3, -0.25) is 9.59 Å². The number of carbonyl (C=O) groups excluding carboxylic acids is 2. The molecule has 0 aliphatic carbocycles. The van der Waals surface area contributed by atoms with Crippen molar-refractivity contribution in [1.82, 2.24) is 0 Å². The molecule has 34 heavy (non-hydrogen) atoms. The minimum Gasteiger partial charge on any atom is -0.495 e. The van der Waals surface area contributed by atoms with Crippen molar-refractivity contribution in [2.24, 2.45) is 0 Å². The molecule has 1 aliphatic heterocycles. The van der Waals surface area contributed by atoms with Gasteiger partial charge in [0.25, 0.3) is 0 Å². The monoisotopic (exact) mass is 458 g/mol. The third-order valence-electron chi connectivity index (χ3n) is 6.11. The van der Waals surface area contributed by atoms with Gasteiger partial charge in [-0.15, -0.1) is 0 Å². The molecule has 0 saturated heterocycles. The van der Waals surface area contributed by atoms with Crippen LogP contribution in [-0.4, -0.2) is 25.0 Å². The summed E-state index contributed by atoms with van der Waals surface area (Å²) in [5, 5.41) is 6.45. The number of hydrogen-bond donors (Lipinski definition) is 3. The highest BCUT2D eigenvalue weighted by Gasteiger charge is 2.32. The molecule has 176 valence electrons. The Morgan fingerprint density at radius 1 is 1.00 bits per heavy atom. The molecule has 0 unspecified atom stereocenters. The van der Waals surface area contributed by atoms with Crippen molar-refractivity contribution in [3.63, 3.8) is 0 Å². The molecule has 3 aromatic rings. The summed E-state index contributed by atoms with van der Waals surface area (Å²) >= 11 is 0. The summed E-state index contributed by atoms with van der Waals surface area (Å²) in [5.74, 6) is 0.515. The fourth-order valence-electron chi connectivity index (χ4n) is 4.64. The number of nitrogens with one attached hydrogen (secondary N) is 2. The molecular formula is C27H30N4O3. The third-order valence-corrected chi connectivity index (χ3v) is 6.11. The van der Waals surface area contributed by atoms with Crippen LogP contribution in [0.4, 0.5) is 22.7 Å². The highest BCUT2D eigenvalue weighted by atomic mass is 16.5. The standard InChI is InChI=1S/C27H30N4O3/c1-16-12-25(30-22-9-10-24(28)27(15-22)34-4)23-14-20(8-11-26(23)31(16)18(3)33)19-6-5-7-21(13-19)29-17(2)32/h5-11,13-16,25,30H,12,28H2,1-4H3,(H,29,32)/t16-,25+/m0/s1. The Balaban J connectivity index is 1.76. The second kappa shape index (κ2) is 9.47. The molecule has 0 fully saturated rings. The number of carbonyl (C=O) groups is 2. The van der Waals surface area contributed by atoms with Crippen LogP contribution in [0.25, 0.3) is 11.1 Å². The van der Waals surface area contributed by atoms with Gasteiger partial charge in [0.1, 0.15) is 5.75 Å². The van der Waals surface area contributed by atoms with E-state index in [1.165, 1.54) is 6.92 Å².